The monoisotopic (exact) mass is 790 g/mol. The van der Waals surface area contributed by atoms with Crippen LogP contribution in [0.3, 0.4) is 0 Å². The second-order valence-corrected chi connectivity index (χ2v) is 14.9. The van der Waals surface area contributed by atoms with E-state index >= 15 is 0 Å². The maximum absolute atomic E-state index is 12.6. The number of esters is 2. The highest BCUT2D eigenvalue weighted by Gasteiger charge is 2.25. The van der Waals surface area contributed by atoms with Crippen LogP contribution in [0.1, 0.15) is 155 Å². The van der Waals surface area contributed by atoms with Gasteiger partial charge in [-0.2, -0.15) is 0 Å². The summed E-state index contributed by atoms with van der Waals surface area (Å²) in [5, 5.41) is 0. The molecule has 0 aromatic heterocycles. The lowest BCUT2D eigenvalue weighted by Gasteiger charge is -2.19. The third-order valence-corrected chi connectivity index (χ3v) is 9.26. The second kappa shape index (κ2) is 40.8. The SMILES string of the molecule is CCC=CCC=CCC=CCC=CCC=CCC=CCCC(=O)OC[C@H](COP(=O)(O)OCCN)OC(=O)CCCCCCCC=CCCCCCCCC. The second-order valence-electron chi connectivity index (χ2n) is 13.5. The molecule has 0 aromatic carbocycles. The summed E-state index contributed by atoms with van der Waals surface area (Å²) in [4.78, 5) is 34.8. The van der Waals surface area contributed by atoms with Crippen molar-refractivity contribution < 1.29 is 37.6 Å². The molecule has 0 heterocycles. The highest BCUT2D eigenvalue weighted by Crippen LogP contribution is 2.43. The number of unbranched alkanes of at least 4 members (excludes halogenated alkanes) is 11. The van der Waals surface area contributed by atoms with E-state index in [-0.39, 0.29) is 32.6 Å². The Labute approximate surface area is 334 Å². The molecule has 3 N–H and O–H groups in total. The molecule has 0 bridgehead atoms. The number of hydrogen-bond donors (Lipinski definition) is 2. The highest BCUT2D eigenvalue weighted by atomic mass is 31.2. The van der Waals surface area contributed by atoms with Crippen molar-refractivity contribution in [1.29, 1.82) is 0 Å². The van der Waals surface area contributed by atoms with Crippen LogP contribution in [-0.2, 0) is 32.7 Å². The molecule has 0 spiro atoms. The maximum Gasteiger partial charge on any atom is 0.472 e. The van der Waals surface area contributed by atoms with Gasteiger partial charge in [0.1, 0.15) is 6.61 Å². The lowest BCUT2D eigenvalue weighted by molar-refractivity contribution is -0.161. The molecule has 55 heavy (non-hydrogen) atoms. The summed E-state index contributed by atoms with van der Waals surface area (Å²) in [6.07, 6.45) is 50.5. The van der Waals surface area contributed by atoms with Crippen molar-refractivity contribution in [1.82, 2.24) is 0 Å². The highest BCUT2D eigenvalue weighted by molar-refractivity contribution is 7.47. The zero-order valence-corrected chi connectivity index (χ0v) is 35.3. The number of ether oxygens (including phenoxy) is 2. The Bertz CT molecular complexity index is 1170. The van der Waals surface area contributed by atoms with E-state index in [0.717, 1.165) is 70.6 Å². The lowest BCUT2D eigenvalue weighted by atomic mass is 10.1. The number of phosphoric acid groups is 1. The van der Waals surface area contributed by atoms with Gasteiger partial charge in [0.25, 0.3) is 0 Å². The minimum atomic E-state index is -4.40. The van der Waals surface area contributed by atoms with Gasteiger partial charge in [0, 0.05) is 19.4 Å². The minimum Gasteiger partial charge on any atom is -0.462 e. The molecule has 10 heteroatoms. The van der Waals surface area contributed by atoms with E-state index in [1.165, 1.54) is 44.9 Å². The molecule has 2 atom stereocenters. The van der Waals surface area contributed by atoms with Crippen molar-refractivity contribution in [3.63, 3.8) is 0 Å². The van der Waals surface area contributed by atoms with Crippen molar-refractivity contribution in [2.24, 2.45) is 5.73 Å². The predicted octanol–water partition coefficient (Wildman–Crippen LogP) is 12.0. The van der Waals surface area contributed by atoms with Crippen molar-refractivity contribution in [2.45, 2.75) is 161 Å². The fraction of sp³-hybridized carbons (Fsp3) is 0.644. The topological polar surface area (TPSA) is 134 Å². The first-order chi connectivity index (χ1) is 26.8. The van der Waals surface area contributed by atoms with Crippen molar-refractivity contribution in [3.8, 4) is 0 Å². The molecular weight excluding hydrogens is 713 g/mol. The van der Waals surface area contributed by atoms with Gasteiger partial charge in [0.05, 0.1) is 13.2 Å². The Hall–Kier alpha value is -2.81. The number of nitrogens with two attached hydrogens (primary N) is 1. The van der Waals surface area contributed by atoms with Gasteiger partial charge >= 0.3 is 19.8 Å². The summed E-state index contributed by atoms with van der Waals surface area (Å²) < 4.78 is 32.6. The van der Waals surface area contributed by atoms with Gasteiger partial charge < -0.3 is 20.1 Å². The van der Waals surface area contributed by atoms with E-state index in [9.17, 15) is 19.0 Å². The molecule has 0 fully saturated rings. The molecule has 0 radical (unpaired) electrons. The van der Waals surface area contributed by atoms with Crippen LogP contribution < -0.4 is 5.73 Å². The normalized spacial score (nSPS) is 14.2. The van der Waals surface area contributed by atoms with Gasteiger partial charge in [-0.05, 0) is 77.0 Å². The molecular formula is C45H76NO8P. The largest absolute Gasteiger partial charge is 0.472 e. The third-order valence-electron chi connectivity index (χ3n) is 8.28. The van der Waals surface area contributed by atoms with Crippen LogP contribution in [0.4, 0.5) is 0 Å². The fourth-order valence-corrected chi connectivity index (χ4v) is 5.95. The van der Waals surface area contributed by atoms with Crippen LogP contribution in [0.15, 0.2) is 85.1 Å². The van der Waals surface area contributed by atoms with Crippen molar-refractivity contribution in [2.75, 3.05) is 26.4 Å². The molecule has 0 aromatic rings. The Morgan fingerprint density at radius 1 is 0.564 bits per heavy atom. The zero-order valence-electron chi connectivity index (χ0n) is 34.4. The average molecular weight is 790 g/mol. The molecule has 314 valence electrons. The zero-order chi connectivity index (χ0) is 40.3. The molecule has 1 unspecified atom stereocenters. The number of carbonyl (C=O) groups excluding carboxylic acids is 2. The van der Waals surface area contributed by atoms with Gasteiger partial charge in [0.2, 0.25) is 0 Å². The van der Waals surface area contributed by atoms with E-state index < -0.39 is 32.5 Å². The summed E-state index contributed by atoms with van der Waals surface area (Å²) >= 11 is 0. The van der Waals surface area contributed by atoms with Gasteiger partial charge in [-0.3, -0.25) is 18.6 Å². The Morgan fingerprint density at radius 3 is 1.56 bits per heavy atom. The van der Waals surface area contributed by atoms with Gasteiger partial charge in [0.15, 0.2) is 6.10 Å². The molecule has 0 saturated carbocycles. The number of allylic oxidation sites excluding steroid dienone is 14. The van der Waals surface area contributed by atoms with Crippen LogP contribution in [0.2, 0.25) is 0 Å². The van der Waals surface area contributed by atoms with Crippen LogP contribution >= 0.6 is 7.82 Å². The van der Waals surface area contributed by atoms with E-state index in [2.05, 4.69) is 86.8 Å². The average Bonchev–Trinajstić information content (AvgIpc) is 3.17. The first kappa shape index (κ1) is 52.2. The summed E-state index contributed by atoms with van der Waals surface area (Å²) in [7, 11) is -4.40. The van der Waals surface area contributed by atoms with Crippen LogP contribution in [0, 0.1) is 0 Å². The molecule has 0 aliphatic rings. The summed E-state index contributed by atoms with van der Waals surface area (Å²) in [5.41, 5.74) is 5.34. The minimum absolute atomic E-state index is 0.0384. The van der Waals surface area contributed by atoms with E-state index in [1.807, 2.05) is 12.2 Å². The first-order valence-corrected chi connectivity index (χ1v) is 22.6. The molecule has 0 rings (SSSR count). The lowest BCUT2D eigenvalue weighted by Crippen LogP contribution is -2.29. The van der Waals surface area contributed by atoms with Gasteiger partial charge in [-0.25, -0.2) is 4.57 Å². The van der Waals surface area contributed by atoms with Crippen LogP contribution in [0.25, 0.3) is 0 Å². The summed E-state index contributed by atoms with van der Waals surface area (Å²) in [5.74, 6) is -0.944. The first-order valence-electron chi connectivity index (χ1n) is 21.1. The molecule has 0 aliphatic heterocycles. The van der Waals surface area contributed by atoms with Crippen LogP contribution in [0.5, 0.6) is 0 Å². The van der Waals surface area contributed by atoms with E-state index in [0.29, 0.717) is 12.8 Å². The molecule has 0 saturated heterocycles. The number of phosphoric ester groups is 1. The maximum atomic E-state index is 12.6. The smallest absolute Gasteiger partial charge is 0.462 e. The summed E-state index contributed by atoms with van der Waals surface area (Å²) in [6.45, 7) is 3.49. The van der Waals surface area contributed by atoms with Crippen molar-refractivity contribution in [3.05, 3.63) is 85.1 Å². The number of rotatable bonds is 38. The number of hydrogen-bond acceptors (Lipinski definition) is 8. The summed E-state index contributed by atoms with van der Waals surface area (Å²) in [6, 6.07) is 0. The van der Waals surface area contributed by atoms with Crippen LogP contribution in [-0.4, -0.2) is 49.3 Å². The molecule has 9 nitrogen and oxygen atoms in total. The van der Waals surface area contributed by atoms with E-state index in [4.69, 9.17) is 24.3 Å². The Kier molecular flexibility index (Phi) is 38.8. The van der Waals surface area contributed by atoms with Gasteiger partial charge in [-0.1, -0.05) is 150 Å². The Balaban J connectivity index is 4.33. The molecule has 0 aliphatic carbocycles. The predicted molar refractivity (Wildman–Crippen MR) is 229 cm³/mol. The fourth-order valence-electron chi connectivity index (χ4n) is 5.18. The van der Waals surface area contributed by atoms with Gasteiger partial charge in [-0.15, -0.1) is 0 Å². The van der Waals surface area contributed by atoms with E-state index in [1.54, 1.807) is 0 Å². The third kappa shape index (κ3) is 40.7. The quantitative estimate of drug-likeness (QED) is 0.0271. The Morgan fingerprint density at radius 2 is 1.04 bits per heavy atom. The number of carbonyl (C=O) groups is 2. The standard InChI is InChI=1S/C45H76NO8P/c1-3-5-7-9-11-13-15-17-19-20-21-22-24-25-27-29-31-33-35-37-44(47)51-41-43(42-53-55(49,50)52-40-39-46)54-45(48)38-36-34-32-30-28-26-23-18-16-14-12-10-8-6-4-2/h5,7,11,13,17-19,21-23,25,27,31,33,43H,3-4,6,8-10,12,14-16,20,24,26,28-30,32,34-42,46H2,1-2H3,(H,49,50)/t43-/m1/s1. The van der Waals surface area contributed by atoms with Crippen molar-refractivity contribution >= 4 is 19.8 Å². The molecule has 0 amide bonds.